The number of hydrogen-bond donors (Lipinski definition) is 1. The third-order valence-electron chi connectivity index (χ3n) is 6.27. The molecule has 1 aromatic carbocycles. The Labute approximate surface area is 151 Å². The van der Waals surface area contributed by atoms with Crippen molar-refractivity contribution in [3.05, 3.63) is 18.2 Å². The minimum atomic E-state index is 0.416. The first-order chi connectivity index (χ1) is 12.2. The highest BCUT2D eigenvalue weighted by molar-refractivity contribution is 5.55. The molecule has 25 heavy (non-hydrogen) atoms. The molecule has 0 unspecified atom stereocenters. The second-order valence-corrected chi connectivity index (χ2v) is 7.89. The number of ether oxygens (including phenoxy) is 2. The second kappa shape index (κ2) is 7.04. The molecule has 0 aliphatic carbocycles. The first kappa shape index (κ1) is 17.0. The van der Waals surface area contributed by atoms with Gasteiger partial charge in [0, 0.05) is 61.6 Å². The molecule has 1 aromatic rings. The van der Waals surface area contributed by atoms with E-state index in [1.165, 1.54) is 50.9 Å². The molecular weight excluding hydrogens is 314 g/mol. The van der Waals surface area contributed by atoms with Crippen molar-refractivity contribution >= 4 is 5.69 Å². The summed E-state index contributed by atoms with van der Waals surface area (Å²) in [5.41, 5.74) is 1.62. The molecule has 0 atom stereocenters. The van der Waals surface area contributed by atoms with Gasteiger partial charge in [0.25, 0.3) is 0 Å². The van der Waals surface area contributed by atoms with Gasteiger partial charge < -0.3 is 19.7 Å². The number of nitrogens with one attached hydrogen (secondary N) is 1. The van der Waals surface area contributed by atoms with E-state index < -0.39 is 0 Å². The fourth-order valence-corrected chi connectivity index (χ4v) is 4.89. The zero-order valence-corrected chi connectivity index (χ0v) is 15.6. The van der Waals surface area contributed by atoms with Crippen molar-refractivity contribution in [1.29, 1.82) is 0 Å². The molecule has 0 spiro atoms. The van der Waals surface area contributed by atoms with E-state index in [1.54, 1.807) is 14.2 Å². The molecule has 0 amide bonds. The van der Waals surface area contributed by atoms with Gasteiger partial charge in [-0.2, -0.15) is 0 Å². The van der Waals surface area contributed by atoms with Crippen LogP contribution in [0.2, 0.25) is 0 Å². The molecule has 138 valence electrons. The lowest BCUT2D eigenvalue weighted by Gasteiger charge is -2.33. The molecule has 1 N–H and O–H groups in total. The monoisotopic (exact) mass is 345 g/mol. The average molecular weight is 345 g/mol. The molecule has 3 saturated heterocycles. The van der Waals surface area contributed by atoms with Crippen molar-refractivity contribution in [2.24, 2.45) is 0 Å². The fraction of sp³-hybridized carbons (Fsp3) is 0.700. The second-order valence-electron chi connectivity index (χ2n) is 7.89. The Morgan fingerprint density at radius 1 is 1.00 bits per heavy atom. The Morgan fingerprint density at radius 2 is 1.72 bits per heavy atom. The van der Waals surface area contributed by atoms with Gasteiger partial charge in [0.2, 0.25) is 0 Å². The number of benzene rings is 1. The van der Waals surface area contributed by atoms with Crippen LogP contribution >= 0.6 is 0 Å². The standard InChI is InChI=1S/C20H31N3O2/c1-24-18-12-17(13-19(14-18)25-2)23-9-3-8-22(10-11-23)15-20-6-4-16(21-20)5-7-20/h12-14,16,21H,3-11,15H2,1-2H3. The van der Waals surface area contributed by atoms with Gasteiger partial charge in [-0.05, 0) is 38.6 Å². The van der Waals surface area contributed by atoms with Crippen LogP contribution in [0.3, 0.4) is 0 Å². The topological polar surface area (TPSA) is 37.0 Å². The van der Waals surface area contributed by atoms with Crippen LogP contribution in [0.4, 0.5) is 5.69 Å². The minimum absolute atomic E-state index is 0.416. The third kappa shape index (κ3) is 3.58. The third-order valence-corrected chi connectivity index (χ3v) is 6.27. The van der Waals surface area contributed by atoms with Gasteiger partial charge in [0.15, 0.2) is 0 Å². The van der Waals surface area contributed by atoms with Crippen LogP contribution < -0.4 is 19.7 Å². The van der Waals surface area contributed by atoms with Gasteiger partial charge in [-0.1, -0.05) is 0 Å². The Morgan fingerprint density at radius 3 is 2.32 bits per heavy atom. The molecule has 0 radical (unpaired) electrons. The quantitative estimate of drug-likeness (QED) is 0.887. The molecule has 4 rings (SSSR count). The van der Waals surface area contributed by atoms with E-state index >= 15 is 0 Å². The summed E-state index contributed by atoms with van der Waals surface area (Å²) >= 11 is 0. The number of methoxy groups -OCH3 is 2. The van der Waals surface area contributed by atoms with Crippen molar-refractivity contribution in [2.75, 3.05) is 51.8 Å². The predicted octanol–water partition coefficient (Wildman–Crippen LogP) is 2.50. The number of anilines is 1. The number of nitrogens with zero attached hydrogens (tertiary/aromatic N) is 2. The van der Waals surface area contributed by atoms with Gasteiger partial charge in [0.1, 0.15) is 11.5 Å². The molecular formula is C20H31N3O2. The lowest BCUT2D eigenvalue weighted by atomic mass is 9.87. The molecule has 5 heteroatoms. The first-order valence-corrected chi connectivity index (χ1v) is 9.68. The molecule has 0 aromatic heterocycles. The SMILES string of the molecule is COc1cc(OC)cc(N2CCCN(CC34CCC(CC3)N4)CC2)c1. The summed E-state index contributed by atoms with van der Waals surface area (Å²) in [4.78, 5) is 5.15. The van der Waals surface area contributed by atoms with E-state index in [4.69, 9.17) is 9.47 Å². The highest BCUT2D eigenvalue weighted by Crippen LogP contribution is 2.38. The molecule has 2 bridgehead atoms. The van der Waals surface area contributed by atoms with E-state index in [0.717, 1.165) is 37.2 Å². The van der Waals surface area contributed by atoms with Crippen LogP contribution in [0.25, 0.3) is 0 Å². The van der Waals surface area contributed by atoms with Crippen LogP contribution in [0.1, 0.15) is 32.1 Å². The maximum Gasteiger partial charge on any atom is 0.124 e. The van der Waals surface area contributed by atoms with E-state index in [1.807, 2.05) is 6.07 Å². The van der Waals surface area contributed by atoms with Crippen LogP contribution in [0.5, 0.6) is 11.5 Å². The van der Waals surface area contributed by atoms with Crippen LogP contribution in [0, 0.1) is 0 Å². The van der Waals surface area contributed by atoms with Gasteiger partial charge in [-0.3, -0.25) is 4.90 Å². The zero-order chi connectivity index (χ0) is 17.3. The summed E-state index contributed by atoms with van der Waals surface area (Å²) in [6, 6.07) is 6.98. The van der Waals surface area contributed by atoms with Crippen LogP contribution in [-0.4, -0.2) is 63.4 Å². The van der Waals surface area contributed by atoms with Crippen LogP contribution in [-0.2, 0) is 0 Å². The summed E-state index contributed by atoms with van der Waals surface area (Å²) in [7, 11) is 3.43. The molecule has 3 aliphatic rings. The van der Waals surface area contributed by atoms with Gasteiger partial charge in [-0.25, -0.2) is 0 Å². The van der Waals surface area contributed by atoms with Crippen molar-refractivity contribution in [3.63, 3.8) is 0 Å². The number of rotatable bonds is 5. The maximum absolute atomic E-state index is 5.44. The van der Waals surface area contributed by atoms with E-state index in [-0.39, 0.29) is 0 Å². The summed E-state index contributed by atoms with van der Waals surface area (Å²) in [5.74, 6) is 1.72. The van der Waals surface area contributed by atoms with E-state index in [0.29, 0.717) is 5.54 Å². The van der Waals surface area contributed by atoms with Crippen molar-refractivity contribution in [2.45, 2.75) is 43.7 Å². The van der Waals surface area contributed by atoms with Gasteiger partial charge in [0.05, 0.1) is 14.2 Å². The van der Waals surface area contributed by atoms with Crippen molar-refractivity contribution < 1.29 is 9.47 Å². The Bertz CT molecular complexity index is 576. The first-order valence-electron chi connectivity index (χ1n) is 9.68. The normalized spacial score (nSPS) is 29.7. The highest BCUT2D eigenvalue weighted by atomic mass is 16.5. The van der Waals surface area contributed by atoms with E-state index in [9.17, 15) is 0 Å². The summed E-state index contributed by atoms with van der Waals surface area (Å²) in [6.07, 6.45) is 6.70. The summed E-state index contributed by atoms with van der Waals surface area (Å²) < 4.78 is 10.9. The predicted molar refractivity (Wildman–Crippen MR) is 101 cm³/mol. The molecule has 0 saturated carbocycles. The Balaban J connectivity index is 1.41. The fourth-order valence-electron chi connectivity index (χ4n) is 4.89. The Hall–Kier alpha value is -1.46. The van der Waals surface area contributed by atoms with E-state index in [2.05, 4.69) is 27.2 Å². The zero-order valence-electron chi connectivity index (χ0n) is 15.6. The molecule has 5 nitrogen and oxygen atoms in total. The average Bonchev–Trinajstić information content (AvgIpc) is 3.15. The summed E-state index contributed by atoms with van der Waals surface area (Å²) in [5, 5.41) is 3.89. The molecule has 3 fully saturated rings. The number of hydrogen-bond acceptors (Lipinski definition) is 5. The molecule has 3 heterocycles. The summed E-state index contributed by atoms with van der Waals surface area (Å²) in [6.45, 7) is 5.71. The lowest BCUT2D eigenvalue weighted by Crippen LogP contribution is -2.48. The number of fused-ring (bicyclic) bond motifs is 2. The van der Waals surface area contributed by atoms with Crippen molar-refractivity contribution in [3.8, 4) is 11.5 Å². The van der Waals surface area contributed by atoms with Gasteiger partial charge >= 0.3 is 0 Å². The van der Waals surface area contributed by atoms with Crippen LogP contribution in [0.15, 0.2) is 18.2 Å². The Kier molecular flexibility index (Phi) is 4.78. The largest absolute Gasteiger partial charge is 0.497 e. The lowest BCUT2D eigenvalue weighted by molar-refractivity contribution is 0.206. The maximum atomic E-state index is 5.44. The van der Waals surface area contributed by atoms with Crippen molar-refractivity contribution in [1.82, 2.24) is 10.2 Å². The smallest absolute Gasteiger partial charge is 0.124 e. The van der Waals surface area contributed by atoms with Gasteiger partial charge in [-0.15, -0.1) is 0 Å². The minimum Gasteiger partial charge on any atom is -0.497 e. The highest BCUT2D eigenvalue weighted by Gasteiger charge is 2.44. The molecule has 3 aliphatic heterocycles.